The Morgan fingerprint density at radius 3 is 2.22 bits per heavy atom. The van der Waals surface area contributed by atoms with Crippen LogP contribution in [0.5, 0.6) is 0 Å². The van der Waals surface area contributed by atoms with Gasteiger partial charge in [-0.25, -0.2) is 19.6 Å². The van der Waals surface area contributed by atoms with Crippen molar-refractivity contribution in [2.45, 2.75) is 0 Å². The molecule has 2 heterocycles. The number of carbonyl (C=O) groups is 3. The van der Waals surface area contributed by atoms with Crippen molar-refractivity contribution in [1.29, 1.82) is 0 Å². The topological polar surface area (TPSA) is 182 Å². The zero-order valence-corrected chi connectivity index (χ0v) is 24.4. The Labute approximate surface area is 259 Å². The molecule has 1 aromatic heterocycles. The van der Waals surface area contributed by atoms with Crippen LogP contribution >= 0.6 is 0 Å². The zero-order valence-electron chi connectivity index (χ0n) is 24.4. The van der Waals surface area contributed by atoms with Crippen molar-refractivity contribution in [2.24, 2.45) is 5.73 Å². The number of carboxylic acid groups (broad SMARTS) is 2. The number of nitrogens with zero attached hydrogens (tertiary/aromatic N) is 4. The summed E-state index contributed by atoms with van der Waals surface area (Å²) in [4.78, 5) is 44.2. The number of aliphatic hydroxyl groups excluding tert-OH is 1. The largest absolute Gasteiger partial charge is 0.478 e. The van der Waals surface area contributed by atoms with Gasteiger partial charge in [0.2, 0.25) is 11.9 Å². The summed E-state index contributed by atoms with van der Waals surface area (Å²) in [6.07, 6.45) is 6.00. The molecule has 0 atom stereocenters. The van der Waals surface area contributed by atoms with Gasteiger partial charge in [-0.1, -0.05) is 36.4 Å². The number of rotatable bonds is 10. The molecule has 1 fully saturated rings. The van der Waals surface area contributed by atoms with E-state index in [1.807, 2.05) is 60.8 Å². The number of nitrogens with two attached hydrogens (primary N) is 1. The van der Waals surface area contributed by atoms with Crippen molar-refractivity contribution >= 4 is 52.1 Å². The summed E-state index contributed by atoms with van der Waals surface area (Å²) in [6.45, 7) is 4.75. The molecule has 12 heteroatoms. The highest BCUT2D eigenvalue weighted by atomic mass is 16.4. The molecule has 0 radical (unpaired) electrons. The summed E-state index contributed by atoms with van der Waals surface area (Å²) in [6, 6.07) is 22.2. The van der Waals surface area contributed by atoms with Crippen molar-refractivity contribution in [3.63, 3.8) is 0 Å². The van der Waals surface area contributed by atoms with Gasteiger partial charge >= 0.3 is 11.9 Å². The van der Waals surface area contributed by atoms with Crippen LogP contribution in [0.25, 0.3) is 28.1 Å². The summed E-state index contributed by atoms with van der Waals surface area (Å²) in [5.41, 5.74) is 11.0. The highest BCUT2D eigenvalue weighted by Gasteiger charge is 2.16. The van der Waals surface area contributed by atoms with Crippen molar-refractivity contribution in [2.75, 3.05) is 49.5 Å². The molecule has 0 unspecified atom stereocenters. The lowest BCUT2D eigenvalue weighted by atomic mass is 10.0. The lowest BCUT2D eigenvalue weighted by Gasteiger charge is -2.35. The molecular weight excluding hydrogens is 576 g/mol. The highest BCUT2D eigenvalue weighted by Crippen LogP contribution is 2.29. The fourth-order valence-electron chi connectivity index (χ4n) is 4.74. The van der Waals surface area contributed by atoms with E-state index in [9.17, 15) is 14.4 Å². The Balaban J connectivity index is 0.000000510. The summed E-state index contributed by atoms with van der Waals surface area (Å²) in [7, 11) is 0. The molecule has 1 amide bonds. The van der Waals surface area contributed by atoms with E-state index in [1.165, 1.54) is 11.8 Å². The molecule has 45 heavy (non-hydrogen) atoms. The third kappa shape index (κ3) is 9.71. The van der Waals surface area contributed by atoms with E-state index in [2.05, 4.69) is 32.2 Å². The Morgan fingerprint density at radius 1 is 0.889 bits per heavy atom. The van der Waals surface area contributed by atoms with E-state index >= 15 is 0 Å². The Morgan fingerprint density at radius 2 is 1.58 bits per heavy atom. The molecule has 0 aliphatic carbocycles. The number of aliphatic hydroxyl groups is 1. The minimum absolute atomic E-state index is 0.208. The van der Waals surface area contributed by atoms with Gasteiger partial charge in [0.1, 0.15) is 0 Å². The Kier molecular flexibility index (Phi) is 11.3. The van der Waals surface area contributed by atoms with Crippen LogP contribution in [-0.4, -0.2) is 87.4 Å². The van der Waals surface area contributed by atoms with Crippen molar-refractivity contribution in [1.82, 2.24) is 14.9 Å². The molecule has 1 aliphatic rings. The average Bonchev–Trinajstić information content (AvgIpc) is 3.04. The van der Waals surface area contributed by atoms with E-state index in [0.29, 0.717) is 18.1 Å². The number of piperazine rings is 1. The maximum absolute atomic E-state index is 11.1. The number of para-hydroxylation sites is 1. The fourth-order valence-corrected chi connectivity index (χ4v) is 4.74. The first kappa shape index (κ1) is 32.3. The number of primary amides is 1. The Bertz CT molecular complexity index is 1680. The van der Waals surface area contributed by atoms with E-state index in [1.54, 1.807) is 6.08 Å². The molecule has 1 aliphatic heterocycles. The van der Waals surface area contributed by atoms with Crippen LogP contribution in [0.2, 0.25) is 0 Å². The highest BCUT2D eigenvalue weighted by molar-refractivity contribution is 5.95. The van der Waals surface area contributed by atoms with Gasteiger partial charge in [0.05, 0.1) is 12.1 Å². The number of benzene rings is 3. The molecule has 0 bridgehead atoms. The van der Waals surface area contributed by atoms with Gasteiger partial charge in [-0.05, 0) is 47.5 Å². The second-order valence-electron chi connectivity index (χ2n) is 10.0. The zero-order chi connectivity index (χ0) is 32.2. The van der Waals surface area contributed by atoms with Crippen LogP contribution in [-0.2, 0) is 14.4 Å². The van der Waals surface area contributed by atoms with Gasteiger partial charge in [0.25, 0.3) is 0 Å². The average molecular weight is 611 g/mol. The quantitative estimate of drug-likeness (QED) is 0.166. The molecule has 4 aromatic rings. The van der Waals surface area contributed by atoms with E-state index in [4.69, 9.17) is 26.0 Å². The smallest absolute Gasteiger partial charge is 0.328 e. The van der Waals surface area contributed by atoms with Gasteiger partial charge in [-0.15, -0.1) is 0 Å². The molecule has 6 N–H and O–H groups in total. The molecule has 5 rings (SSSR count). The summed E-state index contributed by atoms with van der Waals surface area (Å²) >= 11 is 0. The van der Waals surface area contributed by atoms with Crippen LogP contribution in [0.1, 0.15) is 5.56 Å². The standard InChI is InChI=1S/C29H30N6O2.C4H4O4/c30-27(37)12-7-21-3-1-4-22(19-21)26-6-2-5-23-20-31-29(33-28(23)26)32-24-8-10-25(11-9-24)35-15-13-34(14-16-35)17-18-36;5-3(6)1-2-4(7)8/h1-12,19-20,36H,13-18H2,(H2,30,37)(H,31,32,33);1-2H,(H,5,6)(H,7,8). The summed E-state index contributed by atoms with van der Waals surface area (Å²) in [5.74, 6) is -2.47. The second-order valence-corrected chi connectivity index (χ2v) is 10.0. The van der Waals surface area contributed by atoms with E-state index < -0.39 is 17.8 Å². The number of aliphatic carboxylic acids is 2. The maximum Gasteiger partial charge on any atom is 0.328 e. The van der Waals surface area contributed by atoms with Gasteiger partial charge < -0.3 is 31.3 Å². The predicted octanol–water partition coefficient (Wildman–Crippen LogP) is 3.37. The number of nitrogens with one attached hydrogen (secondary N) is 1. The molecule has 3 aromatic carbocycles. The lowest BCUT2D eigenvalue weighted by Crippen LogP contribution is -2.47. The van der Waals surface area contributed by atoms with Crippen molar-refractivity contribution < 1.29 is 29.7 Å². The van der Waals surface area contributed by atoms with Gasteiger partial charge in [0.15, 0.2) is 0 Å². The number of β-amino-alcohol motifs (C(OH)–C–C–N with tert-alkyl or cyclic N) is 1. The summed E-state index contributed by atoms with van der Waals surface area (Å²) < 4.78 is 0. The SMILES string of the molecule is NC(=O)C=Cc1cccc(-c2cccc3cnc(Nc4ccc(N5CCN(CCO)CC5)cc4)nc23)c1.O=C(O)C=CC(=O)O. The normalized spacial score (nSPS) is 13.5. The van der Waals surface area contributed by atoms with Crippen LogP contribution in [0.3, 0.4) is 0 Å². The maximum atomic E-state index is 11.1. The number of amides is 1. The van der Waals surface area contributed by atoms with Gasteiger partial charge in [0, 0.05) is 79.5 Å². The first-order valence-corrected chi connectivity index (χ1v) is 14.1. The van der Waals surface area contributed by atoms with E-state index in [-0.39, 0.29) is 6.61 Å². The van der Waals surface area contributed by atoms with Crippen LogP contribution in [0.4, 0.5) is 17.3 Å². The molecule has 12 nitrogen and oxygen atoms in total. The number of fused-ring (bicyclic) bond motifs is 1. The van der Waals surface area contributed by atoms with Crippen LogP contribution in [0.15, 0.2) is 91.2 Å². The molecule has 1 saturated heterocycles. The number of carboxylic acids is 2. The molecule has 232 valence electrons. The first-order chi connectivity index (χ1) is 21.7. The van der Waals surface area contributed by atoms with Gasteiger partial charge in [-0.3, -0.25) is 9.69 Å². The van der Waals surface area contributed by atoms with Crippen molar-refractivity contribution in [3.8, 4) is 11.1 Å². The monoisotopic (exact) mass is 610 g/mol. The van der Waals surface area contributed by atoms with Crippen molar-refractivity contribution in [3.05, 3.63) is 96.7 Å². The first-order valence-electron chi connectivity index (χ1n) is 14.1. The third-order valence-corrected chi connectivity index (χ3v) is 6.89. The fraction of sp³-hybridized carbons (Fsp3) is 0.182. The van der Waals surface area contributed by atoms with Gasteiger partial charge in [-0.2, -0.15) is 0 Å². The number of hydrogen-bond acceptors (Lipinski definition) is 9. The van der Waals surface area contributed by atoms with Crippen LogP contribution < -0.4 is 16.0 Å². The molecule has 0 spiro atoms. The number of aromatic nitrogens is 2. The molecular formula is C33H34N6O6. The minimum Gasteiger partial charge on any atom is -0.478 e. The number of anilines is 3. The number of hydrogen-bond donors (Lipinski definition) is 5. The Hall–Kier alpha value is -5.59. The third-order valence-electron chi connectivity index (χ3n) is 6.89. The van der Waals surface area contributed by atoms with E-state index in [0.717, 1.165) is 66.0 Å². The summed E-state index contributed by atoms with van der Waals surface area (Å²) in [5, 5.41) is 29.0. The predicted molar refractivity (Wildman–Crippen MR) is 173 cm³/mol. The molecule has 0 saturated carbocycles. The minimum atomic E-state index is -1.26. The second kappa shape index (κ2) is 15.8. The number of carbonyl (C=O) groups excluding carboxylic acids is 1. The van der Waals surface area contributed by atoms with Crippen LogP contribution in [0, 0.1) is 0 Å². The lowest BCUT2D eigenvalue weighted by molar-refractivity contribution is -0.134.